The highest BCUT2D eigenvalue weighted by Crippen LogP contribution is 2.37. The molecule has 220 valence electrons. The van der Waals surface area contributed by atoms with Crippen molar-refractivity contribution in [1.29, 1.82) is 0 Å². The molecule has 0 unspecified atom stereocenters. The Kier molecular flexibility index (Phi) is 6.61. The molecule has 0 aliphatic rings. The van der Waals surface area contributed by atoms with Crippen LogP contribution in [-0.2, 0) is 0 Å². The Labute approximate surface area is 275 Å². The van der Waals surface area contributed by atoms with Gasteiger partial charge < -0.3 is 0 Å². The lowest BCUT2D eigenvalue weighted by Gasteiger charge is -2.10. The summed E-state index contributed by atoms with van der Waals surface area (Å²) in [7, 11) is 0. The number of hydrogen-bond acceptors (Lipinski definition) is 5. The average molecular weight is 619 g/mol. The Balaban J connectivity index is 1.18. The van der Waals surface area contributed by atoms with Crippen molar-refractivity contribution in [2.24, 2.45) is 0 Å². The van der Waals surface area contributed by atoms with Crippen LogP contribution in [-0.4, -0.2) is 19.9 Å². The Morgan fingerprint density at radius 1 is 0.340 bits per heavy atom. The monoisotopic (exact) mass is 618 g/mol. The summed E-state index contributed by atoms with van der Waals surface area (Å²) in [4.78, 5) is 20.0. The van der Waals surface area contributed by atoms with E-state index in [0.717, 1.165) is 53.6 Å². The molecule has 7 aromatic carbocycles. The van der Waals surface area contributed by atoms with E-state index in [4.69, 9.17) is 19.9 Å². The van der Waals surface area contributed by atoms with Crippen molar-refractivity contribution in [3.8, 4) is 55.9 Å². The highest BCUT2D eigenvalue weighted by atomic mass is 32.1. The van der Waals surface area contributed by atoms with E-state index in [2.05, 4.69) is 115 Å². The van der Waals surface area contributed by atoms with Gasteiger partial charge in [0.05, 0.1) is 10.2 Å². The van der Waals surface area contributed by atoms with Gasteiger partial charge in [-0.15, -0.1) is 11.3 Å². The van der Waals surface area contributed by atoms with Crippen LogP contribution in [0, 0.1) is 0 Å². The van der Waals surface area contributed by atoms with Crippen molar-refractivity contribution in [1.82, 2.24) is 19.9 Å². The van der Waals surface area contributed by atoms with Crippen molar-refractivity contribution in [3.05, 3.63) is 158 Å². The molecule has 0 fully saturated rings. The summed E-state index contributed by atoms with van der Waals surface area (Å²) in [6.45, 7) is 0. The Bertz CT molecular complexity index is 2560. The molecular formula is C42H26N4S. The minimum atomic E-state index is 0.639. The molecule has 0 atom stereocenters. The van der Waals surface area contributed by atoms with Crippen molar-refractivity contribution in [2.45, 2.75) is 0 Å². The van der Waals surface area contributed by atoms with Gasteiger partial charge in [-0.3, -0.25) is 0 Å². The lowest BCUT2D eigenvalue weighted by molar-refractivity contribution is 1.08. The SMILES string of the molecule is c1ccc(-c2ccc3cc(-c4nc(-c5ccccc5)nc(-c5ccc6ccc7nc(-c8ccccc8)sc7c6c5)n4)ccc3c2)cc1. The third-order valence-electron chi connectivity index (χ3n) is 8.52. The fourth-order valence-corrected chi connectivity index (χ4v) is 7.19. The standard InChI is InChI=1S/C42H26N4S/c1-4-10-27(11-5-1)31-17-18-33-25-34(21-19-32(33)24-31)40-44-39(29-12-6-2-7-13-29)45-41(46-40)35-20-16-28-22-23-37-38(36(28)26-35)47-42(43-37)30-14-8-3-9-15-30/h1-26H. The lowest BCUT2D eigenvalue weighted by Crippen LogP contribution is -2.00. The third kappa shape index (κ3) is 5.13. The minimum absolute atomic E-state index is 0.639. The summed E-state index contributed by atoms with van der Waals surface area (Å²) >= 11 is 1.72. The number of nitrogens with zero attached hydrogens (tertiary/aromatic N) is 4. The van der Waals surface area contributed by atoms with Crippen molar-refractivity contribution in [3.63, 3.8) is 0 Å². The largest absolute Gasteiger partial charge is 0.236 e. The molecule has 0 bridgehead atoms. The lowest BCUT2D eigenvalue weighted by atomic mass is 10.00. The van der Waals surface area contributed by atoms with Gasteiger partial charge in [0.1, 0.15) is 5.01 Å². The van der Waals surface area contributed by atoms with Gasteiger partial charge in [0, 0.05) is 27.6 Å². The summed E-state index contributed by atoms with van der Waals surface area (Å²) in [5.74, 6) is 1.93. The van der Waals surface area contributed by atoms with Crippen molar-refractivity contribution < 1.29 is 0 Å². The topological polar surface area (TPSA) is 51.6 Å². The molecule has 9 aromatic rings. The predicted molar refractivity (Wildman–Crippen MR) is 195 cm³/mol. The molecule has 0 radical (unpaired) electrons. The first kappa shape index (κ1) is 27.3. The molecule has 9 rings (SSSR count). The second-order valence-electron chi connectivity index (χ2n) is 11.5. The molecule has 0 amide bonds. The van der Waals surface area contributed by atoms with Crippen LogP contribution in [0.2, 0.25) is 0 Å². The smallest absolute Gasteiger partial charge is 0.164 e. The molecule has 0 aliphatic heterocycles. The average Bonchev–Trinajstić information content (AvgIpc) is 3.60. The van der Waals surface area contributed by atoms with Gasteiger partial charge in [-0.25, -0.2) is 19.9 Å². The molecular weight excluding hydrogens is 593 g/mol. The molecule has 0 aliphatic carbocycles. The molecule has 0 N–H and O–H groups in total. The fourth-order valence-electron chi connectivity index (χ4n) is 6.09. The maximum atomic E-state index is 5.08. The normalized spacial score (nSPS) is 11.4. The Hall–Kier alpha value is -6.04. The van der Waals surface area contributed by atoms with E-state index in [9.17, 15) is 0 Å². The minimum Gasteiger partial charge on any atom is -0.236 e. The van der Waals surface area contributed by atoms with E-state index in [1.54, 1.807) is 11.3 Å². The molecule has 0 saturated heterocycles. The van der Waals surface area contributed by atoms with Crippen LogP contribution in [0.15, 0.2) is 158 Å². The number of aromatic nitrogens is 4. The van der Waals surface area contributed by atoms with Gasteiger partial charge in [-0.2, -0.15) is 0 Å². The van der Waals surface area contributed by atoms with E-state index in [-0.39, 0.29) is 0 Å². The quantitative estimate of drug-likeness (QED) is 0.193. The third-order valence-corrected chi connectivity index (χ3v) is 9.68. The summed E-state index contributed by atoms with van der Waals surface area (Å²) in [6, 6.07) is 54.7. The van der Waals surface area contributed by atoms with E-state index >= 15 is 0 Å². The zero-order valence-corrected chi connectivity index (χ0v) is 26.0. The number of fused-ring (bicyclic) bond motifs is 4. The van der Waals surface area contributed by atoms with Gasteiger partial charge in [0.25, 0.3) is 0 Å². The Morgan fingerprint density at radius 3 is 1.49 bits per heavy atom. The van der Waals surface area contributed by atoms with Gasteiger partial charge in [-0.05, 0) is 51.6 Å². The number of thiazole rings is 1. The van der Waals surface area contributed by atoms with E-state index in [1.807, 2.05) is 42.5 Å². The van der Waals surface area contributed by atoms with Gasteiger partial charge in [0.2, 0.25) is 0 Å². The van der Waals surface area contributed by atoms with E-state index in [1.165, 1.54) is 16.5 Å². The predicted octanol–water partition coefficient (Wildman–Crippen LogP) is 11.1. The summed E-state index contributed by atoms with van der Waals surface area (Å²) in [5.41, 5.74) is 7.35. The fraction of sp³-hybridized carbons (Fsp3) is 0. The van der Waals surface area contributed by atoms with Crippen LogP contribution in [0.3, 0.4) is 0 Å². The van der Waals surface area contributed by atoms with E-state index in [0.29, 0.717) is 17.5 Å². The molecule has 0 saturated carbocycles. The number of hydrogen-bond donors (Lipinski definition) is 0. The molecule has 5 heteroatoms. The zero-order chi connectivity index (χ0) is 31.2. The second-order valence-corrected chi connectivity index (χ2v) is 12.5. The van der Waals surface area contributed by atoms with Crippen LogP contribution in [0.4, 0.5) is 0 Å². The van der Waals surface area contributed by atoms with Crippen LogP contribution < -0.4 is 0 Å². The van der Waals surface area contributed by atoms with E-state index < -0.39 is 0 Å². The highest BCUT2D eigenvalue weighted by molar-refractivity contribution is 7.22. The maximum Gasteiger partial charge on any atom is 0.164 e. The van der Waals surface area contributed by atoms with Gasteiger partial charge >= 0.3 is 0 Å². The summed E-state index contributed by atoms with van der Waals surface area (Å²) < 4.78 is 1.16. The number of benzene rings is 7. The van der Waals surface area contributed by atoms with Crippen LogP contribution in [0.1, 0.15) is 0 Å². The van der Waals surface area contributed by atoms with Gasteiger partial charge in [-0.1, -0.05) is 133 Å². The summed E-state index contributed by atoms with van der Waals surface area (Å²) in [5, 5.41) is 5.62. The van der Waals surface area contributed by atoms with Crippen molar-refractivity contribution in [2.75, 3.05) is 0 Å². The molecule has 2 aromatic heterocycles. The van der Waals surface area contributed by atoms with Crippen LogP contribution >= 0.6 is 11.3 Å². The zero-order valence-electron chi connectivity index (χ0n) is 25.2. The molecule has 47 heavy (non-hydrogen) atoms. The van der Waals surface area contributed by atoms with Crippen molar-refractivity contribution >= 4 is 43.1 Å². The summed E-state index contributed by atoms with van der Waals surface area (Å²) in [6.07, 6.45) is 0. The first-order valence-electron chi connectivity index (χ1n) is 15.6. The first-order valence-corrected chi connectivity index (χ1v) is 16.4. The molecule has 2 heterocycles. The number of rotatable bonds is 5. The maximum absolute atomic E-state index is 5.08. The Morgan fingerprint density at radius 2 is 0.830 bits per heavy atom. The molecule has 0 spiro atoms. The van der Waals surface area contributed by atoms with Crippen LogP contribution in [0.5, 0.6) is 0 Å². The van der Waals surface area contributed by atoms with Gasteiger partial charge in [0.15, 0.2) is 17.5 Å². The highest BCUT2D eigenvalue weighted by Gasteiger charge is 2.15. The molecule has 4 nitrogen and oxygen atoms in total. The van der Waals surface area contributed by atoms with Crippen LogP contribution in [0.25, 0.3) is 87.6 Å². The first-order chi connectivity index (χ1) is 23.2. The second kappa shape index (κ2) is 11.4.